The molecular weight excluding hydrogens is 378 g/mol. The minimum Gasteiger partial charge on any atom is -0.477 e. The van der Waals surface area contributed by atoms with Crippen LogP contribution in [0.4, 0.5) is 14.6 Å². The molecule has 8 heteroatoms. The summed E-state index contributed by atoms with van der Waals surface area (Å²) in [5.41, 5.74) is 0.760. The van der Waals surface area contributed by atoms with E-state index < -0.39 is 11.6 Å². The van der Waals surface area contributed by atoms with Crippen LogP contribution in [0.3, 0.4) is 0 Å². The molecule has 0 aliphatic carbocycles. The first-order chi connectivity index (χ1) is 13.8. The van der Waals surface area contributed by atoms with Crippen molar-refractivity contribution in [3.05, 3.63) is 48.4 Å². The van der Waals surface area contributed by atoms with Gasteiger partial charge in [-0.15, -0.1) is 0 Å². The second kappa shape index (κ2) is 7.27. The Morgan fingerprint density at radius 3 is 2.69 bits per heavy atom. The first-order valence-electron chi connectivity index (χ1n) is 9.29. The Morgan fingerprint density at radius 2 is 1.97 bits per heavy atom. The van der Waals surface area contributed by atoms with Gasteiger partial charge in [0.1, 0.15) is 17.3 Å². The number of hydrogen-bond donors (Lipinski definition) is 1. The van der Waals surface area contributed by atoms with Crippen LogP contribution >= 0.6 is 0 Å². The van der Waals surface area contributed by atoms with Crippen LogP contribution < -0.4 is 10.1 Å². The molecule has 1 N–H and O–H groups in total. The highest BCUT2D eigenvalue weighted by molar-refractivity contribution is 5.96. The molecule has 3 heterocycles. The Labute approximate surface area is 166 Å². The molecule has 1 aliphatic heterocycles. The van der Waals surface area contributed by atoms with Crippen molar-refractivity contribution in [3.8, 4) is 28.3 Å². The van der Waals surface area contributed by atoms with Gasteiger partial charge in [-0.1, -0.05) is 0 Å². The zero-order chi connectivity index (χ0) is 20.6. The number of halogens is 2. The third-order valence-corrected chi connectivity index (χ3v) is 4.61. The number of benzene rings is 1. The third-order valence-electron chi connectivity index (χ3n) is 4.61. The number of amides is 1. The van der Waals surface area contributed by atoms with Crippen LogP contribution in [0.2, 0.25) is 0 Å². The number of fused-ring (bicyclic) bond motifs is 1. The van der Waals surface area contributed by atoms with Crippen LogP contribution in [0.5, 0.6) is 5.88 Å². The maximum atomic E-state index is 13.9. The van der Waals surface area contributed by atoms with Gasteiger partial charge < -0.3 is 10.1 Å². The topological polar surface area (TPSA) is 69.0 Å². The molecule has 1 aromatic carbocycles. The zero-order valence-electron chi connectivity index (χ0n) is 16.1. The second-order valence-corrected chi connectivity index (χ2v) is 7.32. The lowest BCUT2D eigenvalue weighted by atomic mass is 10.0. The van der Waals surface area contributed by atoms with Gasteiger partial charge >= 0.3 is 0 Å². The smallest absolute Gasteiger partial charge is 0.262 e. The molecule has 0 atom stereocenters. The largest absolute Gasteiger partial charge is 0.477 e. The lowest BCUT2D eigenvalue weighted by Gasteiger charge is -2.17. The van der Waals surface area contributed by atoms with Crippen LogP contribution in [0.1, 0.15) is 20.3 Å². The Morgan fingerprint density at radius 1 is 1.21 bits per heavy atom. The Balaban J connectivity index is 1.80. The monoisotopic (exact) mass is 398 g/mol. The molecule has 150 valence electrons. The fraction of sp³-hybridized carbons (Fsp3) is 0.286. The number of carbonyl (C=O) groups is 1. The number of hydrogen-bond acceptors (Lipinski definition) is 4. The molecule has 2 aromatic heterocycles. The summed E-state index contributed by atoms with van der Waals surface area (Å²) in [6.07, 6.45) is 2.36. The minimum absolute atomic E-state index is 0.221. The average Bonchev–Trinajstić information content (AvgIpc) is 3.07. The van der Waals surface area contributed by atoms with Crippen molar-refractivity contribution in [2.75, 3.05) is 11.9 Å². The summed E-state index contributed by atoms with van der Waals surface area (Å²) >= 11 is 0. The molecular formula is C21H20F2N4O2. The van der Waals surface area contributed by atoms with E-state index in [2.05, 4.69) is 15.4 Å². The number of carbonyl (C=O) groups excluding carboxylic acids is 1. The van der Waals surface area contributed by atoms with Crippen LogP contribution in [0.25, 0.3) is 22.4 Å². The summed E-state index contributed by atoms with van der Waals surface area (Å²) in [6, 6.07) is 9.47. The number of rotatable bonds is 4. The average molecular weight is 398 g/mol. The molecule has 0 fully saturated rings. The first kappa shape index (κ1) is 19.0. The van der Waals surface area contributed by atoms with Crippen molar-refractivity contribution < 1.29 is 18.3 Å². The van der Waals surface area contributed by atoms with E-state index in [0.717, 1.165) is 12.0 Å². The fourth-order valence-electron chi connectivity index (χ4n) is 3.12. The molecule has 1 aliphatic rings. The van der Waals surface area contributed by atoms with Crippen LogP contribution in [0, 0.1) is 5.82 Å². The van der Waals surface area contributed by atoms with Crippen molar-refractivity contribution in [1.29, 1.82) is 0 Å². The van der Waals surface area contributed by atoms with Crippen LogP contribution in [-0.2, 0) is 11.3 Å². The molecule has 1 amide bonds. The number of nitrogens with one attached hydrogen (secondary N) is 1. The Hall–Kier alpha value is -3.29. The van der Waals surface area contributed by atoms with Gasteiger partial charge in [-0.2, -0.15) is 5.10 Å². The maximum Gasteiger partial charge on any atom is 0.262 e. The Bertz CT molecular complexity index is 1060. The van der Waals surface area contributed by atoms with E-state index in [9.17, 15) is 13.6 Å². The van der Waals surface area contributed by atoms with E-state index in [1.54, 1.807) is 28.9 Å². The molecule has 0 saturated carbocycles. The van der Waals surface area contributed by atoms with E-state index in [-0.39, 0.29) is 11.6 Å². The standard InChI is InChI=1S/C21H20F2N4O2/c1-21(2,23)20(28)25-16-12-14(8-9-24-16)17-18(13-4-6-15(22)7-5-13)26-27-10-3-11-29-19(17)27/h4-9,12H,3,10-11H2,1-2H3,(H,24,25,28). The predicted octanol–water partition coefficient (Wildman–Crippen LogP) is 4.22. The van der Waals surface area contributed by atoms with Crippen molar-refractivity contribution in [2.45, 2.75) is 32.5 Å². The van der Waals surface area contributed by atoms with Gasteiger partial charge in [-0.05, 0) is 55.8 Å². The minimum atomic E-state index is -2.03. The number of anilines is 1. The third kappa shape index (κ3) is 3.83. The van der Waals surface area contributed by atoms with Crippen LogP contribution in [-0.4, -0.2) is 32.9 Å². The summed E-state index contributed by atoms with van der Waals surface area (Å²) < 4.78 is 34.9. The molecule has 0 radical (unpaired) electrons. The number of pyridine rings is 1. The predicted molar refractivity (Wildman–Crippen MR) is 105 cm³/mol. The molecule has 29 heavy (non-hydrogen) atoms. The fourth-order valence-corrected chi connectivity index (χ4v) is 3.12. The quantitative estimate of drug-likeness (QED) is 0.714. The van der Waals surface area contributed by atoms with Gasteiger partial charge in [0.25, 0.3) is 5.91 Å². The van der Waals surface area contributed by atoms with Gasteiger partial charge in [0.2, 0.25) is 5.88 Å². The van der Waals surface area contributed by atoms with Crippen molar-refractivity contribution in [1.82, 2.24) is 14.8 Å². The van der Waals surface area contributed by atoms with Gasteiger partial charge in [-0.3, -0.25) is 4.79 Å². The van der Waals surface area contributed by atoms with E-state index in [1.807, 2.05) is 0 Å². The highest BCUT2D eigenvalue weighted by Gasteiger charge is 2.28. The molecule has 0 spiro atoms. The van der Waals surface area contributed by atoms with E-state index in [1.165, 1.54) is 32.2 Å². The lowest BCUT2D eigenvalue weighted by molar-refractivity contribution is -0.125. The molecule has 3 aromatic rings. The number of aryl methyl sites for hydroxylation is 1. The summed E-state index contributed by atoms with van der Waals surface area (Å²) in [5, 5.41) is 7.15. The SMILES string of the molecule is CC(C)(F)C(=O)Nc1cc(-c2c(-c3ccc(F)cc3)nn3c2OCCC3)ccn1. The Kier molecular flexibility index (Phi) is 4.77. The summed E-state index contributed by atoms with van der Waals surface area (Å²) in [5.74, 6) is -0.295. The van der Waals surface area contributed by atoms with Crippen molar-refractivity contribution in [3.63, 3.8) is 0 Å². The van der Waals surface area contributed by atoms with Gasteiger partial charge in [0.05, 0.1) is 12.2 Å². The first-order valence-corrected chi connectivity index (χ1v) is 9.29. The van der Waals surface area contributed by atoms with Gasteiger partial charge in [0, 0.05) is 24.7 Å². The van der Waals surface area contributed by atoms with E-state index in [0.29, 0.717) is 35.9 Å². The lowest BCUT2D eigenvalue weighted by Crippen LogP contribution is -2.32. The number of nitrogens with zero attached hydrogens (tertiary/aromatic N) is 3. The molecule has 4 rings (SSSR count). The summed E-state index contributed by atoms with van der Waals surface area (Å²) in [6.45, 7) is 3.63. The van der Waals surface area contributed by atoms with Crippen molar-refractivity contribution in [2.24, 2.45) is 0 Å². The summed E-state index contributed by atoms with van der Waals surface area (Å²) in [4.78, 5) is 16.1. The normalized spacial score (nSPS) is 13.5. The van der Waals surface area contributed by atoms with Gasteiger partial charge in [0.15, 0.2) is 5.67 Å². The molecule has 0 saturated heterocycles. The highest BCUT2D eigenvalue weighted by atomic mass is 19.1. The van der Waals surface area contributed by atoms with Crippen molar-refractivity contribution >= 4 is 11.7 Å². The zero-order valence-corrected chi connectivity index (χ0v) is 16.1. The summed E-state index contributed by atoms with van der Waals surface area (Å²) in [7, 11) is 0. The second-order valence-electron chi connectivity index (χ2n) is 7.32. The van der Waals surface area contributed by atoms with E-state index in [4.69, 9.17) is 4.74 Å². The highest BCUT2D eigenvalue weighted by Crippen LogP contribution is 2.41. The molecule has 0 bridgehead atoms. The maximum absolute atomic E-state index is 13.9. The molecule has 0 unspecified atom stereocenters. The molecule has 6 nitrogen and oxygen atoms in total. The van der Waals surface area contributed by atoms with E-state index >= 15 is 0 Å². The van der Waals surface area contributed by atoms with Gasteiger partial charge in [-0.25, -0.2) is 18.4 Å². The van der Waals surface area contributed by atoms with Crippen LogP contribution in [0.15, 0.2) is 42.6 Å². The number of ether oxygens (including phenoxy) is 1. The number of aromatic nitrogens is 3. The number of alkyl halides is 1.